The van der Waals surface area contributed by atoms with Gasteiger partial charge in [-0.15, -0.1) is 0 Å². The summed E-state index contributed by atoms with van der Waals surface area (Å²) < 4.78 is 4.91. The second-order valence-electron chi connectivity index (χ2n) is 2.47. The maximum absolute atomic E-state index is 8.79. The van der Waals surface area contributed by atoms with Crippen LogP contribution in [0.25, 0.3) is 0 Å². The Morgan fingerprint density at radius 1 is 1.50 bits per heavy atom. The van der Waals surface area contributed by atoms with E-state index in [4.69, 9.17) is 14.8 Å². The molecule has 64 valence electrons. The normalized spacial score (nSPS) is 9.67. The molecule has 0 unspecified atom stereocenters. The van der Waals surface area contributed by atoms with Gasteiger partial charge >= 0.3 is 7.12 Å². The van der Waals surface area contributed by atoms with E-state index in [9.17, 15) is 0 Å². The van der Waals surface area contributed by atoms with E-state index in [0.29, 0.717) is 11.3 Å². The Balaban J connectivity index is 3.02. The van der Waals surface area contributed by atoms with Crippen molar-refractivity contribution in [2.75, 3.05) is 7.11 Å². The van der Waals surface area contributed by atoms with Crippen LogP contribution in [0.5, 0.6) is 5.88 Å². The fourth-order valence-electron chi connectivity index (χ4n) is 0.939. The first-order chi connectivity index (χ1) is 5.65. The summed E-state index contributed by atoms with van der Waals surface area (Å²) in [7, 11) is 0.0480. The maximum Gasteiger partial charge on any atom is 0.490 e. The van der Waals surface area contributed by atoms with Gasteiger partial charge in [0.15, 0.2) is 0 Å². The molecule has 0 saturated heterocycles. The van der Waals surface area contributed by atoms with Gasteiger partial charge in [-0.05, 0) is 6.92 Å². The largest absolute Gasteiger partial charge is 0.490 e. The molecule has 5 heteroatoms. The Labute approximate surface area is 71.0 Å². The van der Waals surface area contributed by atoms with Crippen molar-refractivity contribution in [3.05, 3.63) is 17.8 Å². The topological polar surface area (TPSA) is 62.6 Å². The highest BCUT2D eigenvalue weighted by Gasteiger charge is 2.12. The highest BCUT2D eigenvalue weighted by molar-refractivity contribution is 6.58. The predicted octanol–water partition coefficient (Wildman–Crippen LogP) is -0.922. The fraction of sp³-hybridized carbons (Fsp3) is 0.286. The van der Waals surface area contributed by atoms with Gasteiger partial charge in [-0.2, -0.15) is 0 Å². The van der Waals surface area contributed by atoms with Crippen LogP contribution in [0.15, 0.2) is 12.3 Å². The number of pyridine rings is 1. The summed E-state index contributed by atoms with van der Waals surface area (Å²) in [5.41, 5.74) is 1.15. The quantitative estimate of drug-likeness (QED) is 0.559. The summed E-state index contributed by atoms with van der Waals surface area (Å²) in [5, 5.41) is 17.6. The van der Waals surface area contributed by atoms with Gasteiger partial charge in [0.25, 0.3) is 0 Å². The third kappa shape index (κ3) is 1.75. The van der Waals surface area contributed by atoms with Crippen molar-refractivity contribution in [3.8, 4) is 5.88 Å². The minimum absolute atomic E-state index is 0.369. The summed E-state index contributed by atoms with van der Waals surface area (Å²) in [6, 6.07) is 1.62. The summed E-state index contributed by atoms with van der Waals surface area (Å²) in [6.45, 7) is 1.79. The van der Waals surface area contributed by atoms with Crippen molar-refractivity contribution in [2.45, 2.75) is 6.92 Å². The maximum atomic E-state index is 8.79. The number of hydrogen-bond donors (Lipinski definition) is 2. The Bertz CT molecular complexity index is 277. The van der Waals surface area contributed by atoms with E-state index in [1.165, 1.54) is 13.3 Å². The van der Waals surface area contributed by atoms with Crippen molar-refractivity contribution in [1.29, 1.82) is 0 Å². The molecule has 0 radical (unpaired) electrons. The van der Waals surface area contributed by atoms with Crippen molar-refractivity contribution in [2.24, 2.45) is 0 Å². The van der Waals surface area contributed by atoms with Gasteiger partial charge in [0.05, 0.1) is 7.11 Å². The number of hydrogen-bond acceptors (Lipinski definition) is 4. The van der Waals surface area contributed by atoms with Crippen LogP contribution in [0.4, 0.5) is 0 Å². The van der Waals surface area contributed by atoms with E-state index < -0.39 is 7.12 Å². The zero-order valence-corrected chi connectivity index (χ0v) is 6.98. The number of nitrogens with zero attached hydrogens (tertiary/aromatic N) is 1. The molecule has 0 aromatic carbocycles. The number of ether oxygens (including phenoxy) is 1. The van der Waals surface area contributed by atoms with Crippen molar-refractivity contribution in [3.63, 3.8) is 0 Å². The molecule has 0 fully saturated rings. The molecule has 0 spiro atoms. The standard InChI is InChI=1S/C7H10BNO3/c1-5-3-6(8(10)11)4-9-7(5)12-2/h3-4,10-11H,1-2H3. The van der Waals surface area contributed by atoms with E-state index in [1.807, 2.05) is 0 Å². The summed E-state index contributed by atoms with van der Waals surface area (Å²) in [6.07, 6.45) is 1.37. The highest BCUT2D eigenvalue weighted by Crippen LogP contribution is 2.09. The first-order valence-electron chi connectivity index (χ1n) is 3.52. The lowest BCUT2D eigenvalue weighted by Crippen LogP contribution is -2.30. The molecule has 4 nitrogen and oxygen atoms in total. The van der Waals surface area contributed by atoms with Crippen LogP contribution in [-0.2, 0) is 0 Å². The number of aryl methyl sites for hydroxylation is 1. The average molecular weight is 167 g/mol. The fourth-order valence-corrected chi connectivity index (χ4v) is 0.939. The smallest absolute Gasteiger partial charge is 0.481 e. The van der Waals surface area contributed by atoms with Crippen molar-refractivity contribution in [1.82, 2.24) is 4.98 Å². The van der Waals surface area contributed by atoms with E-state index in [-0.39, 0.29) is 0 Å². The van der Waals surface area contributed by atoms with Crippen LogP contribution in [0.1, 0.15) is 5.56 Å². The zero-order valence-electron chi connectivity index (χ0n) is 6.98. The minimum Gasteiger partial charge on any atom is -0.481 e. The minimum atomic E-state index is -1.47. The second kappa shape index (κ2) is 3.56. The molecule has 2 N–H and O–H groups in total. The molecular formula is C7H10BNO3. The van der Waals surface area contributed by atoms with Gasteiger partial charge in [-0.3, -0.25) is 0 Å². The van der Waals surface area contributed by atoms with E-state index in [2.05, 4.69) is 4.98 Å². The van der Waals surface area contributed by atoms with Crippen LogP contribution in [0, 0.1) is 6.92 Å². The lowest BCUT2D eigenvalue weighted by molar-refractivity contribution is 0.394. The van der Waals surface area contributed by atoms with Gasteiger partial charge in [-0.1, -0.05) is 6.07 Å². The average Bonchev–Trinajstić information content (AvgIpc) is 2.04. The van der Waals surface area contributed by atoms with Crippen molar-refractivity contribution < 1.29 is 14.8 Å². The Kier molecular flexibility index (Phi) is 2.67. The monoisotopic (exact) mass is 167 g/mol. The van der Waals surface area contributed by atoms with E-state index in [1.54, 1.807) is 13.0 Å². The van der Waals surface area contributed by atoms with Crippen LogP contribution < -0.4 is 10.2 Å². The Morgan fingerprint density at radius 2 is 2.17 bits per heavy atom. The summed E-state index contributed by atoms with van der Waals surface area (Å²) in [4.78, 5) is 3.88. The first-order valence-corrected chi connectivity index (χ1v) is 3.52. The molecular weight excluding hydrogens is 157 g/mol. The molecule has 1 aromatic rings. The van der Waals surface area contributed by atoms with Crippen LogP contribution in [-0.4, -0.2) is 29.3 Å². The summed E-state index contributed by atoms with van der Waals surface area (Å²) in [5.74, 6) is 0.499. The molecule has 1 heterocycles. The molecule has 1 aromatic heterocycles. The van der Waals surface area contributed by atoms with Gasteiger partial charge in [-0.25, -0.2) is 4.98 Å². The SMILES string of the molecule is COc1ncc(B(O)O)cc1C. The van der Waals surface area contributed by atoms with E-state index >= 15 is 0 Å². The lowest BCUT2D eigenvalue weighted by Gasteiger charge is -2.04. The van der Waals surface area contributed by atoms with Gasteiger partial charge < -0.3 is 14.8 Å². The number of aromatic nitrogens is 1. The van der Waals surface area contributed by atoms with Crippen molar-refractivity contribution >= 4 is 12.6 Å². The molecule has 0 aliphatic rings. The van der Waals surface area contributed by atoms with Crippen LogP contribution in [0.3, 0.4) is 0 Å². The zero-order chi connectivity index (χ0) is 9.14. The number of rotatable bonds is 2. The van der Waals surface area contributed by atoms with Gasteiger partial charge in [0, 0.05) is 17.2 Å². The molecule has 0 aliphatic heterocycles. The molecule has 0 amide bonds. The van der Waals surface area contributed by atoms with Gasteiger partial charge in [0.1, 0.15) is 0 Å². The van der Waals surface area contributed by atoms with E-state index in [0.717, 1.165) is 5.56 Å². The number of methoxy groups -OCH3 is 1. The molecule has 0 saturated carbocycles. The lowest BCUT2D eigenvalue weighted by atomic mass is 9.81. The van der Waals surface area contributed by atoms with Gasteiger partial charge in [0.2, 0.25) is 5.88 Å². The molecule has 0 bridgehead atoms. The Hall–Kier alpha value is -1.07. The predicted molar refractivity (Wildman–Crippen MR) is 45.4 cm³/mol. The molecule has 0 aliphatic carbocycles. The summed E-state index contributed by atoms with van der Waals surface area (Å²) >= 11 is 0. The first kappa shape index (κ1) is 9.03. The Morgan fingerprint density at radius 3 is 2.58 bits per heavy atom. The molecule has 0 atom stereocenters. The third-order valence-corrected chi connectivity index (χ3v) is 1.54. The third-order valence-electron chi connectivity index (χ3n) is 1.54. The second-order valence-corrected chi connectivity index (χ2v) is 2.47. The molecule has 1 rings (SSSR count). The van der Waals surface area contributed by atoms with Crippen LogP contribution in [0.2, 0.25) is 0 Å². The highest BCUT2D eigenvalue weighted by atomic mass is 16.5. The molecule has 12 heavy (non-hydrogen) atoms. The van der Waals surface area contributed by atoms with Crippen LogP contribution >= 0.6 is 0 Å².